The number of ether oxygens (including phenoxy) is 1. The first-order chi connectivity index (χ1) is 7.91. The van der Waals surface area contributed by atoms with Crippen molar-refractivity contribution in [1.29, 1.82) is 0 Å². The van der Waals surface area contributed by atoms with E-state index in [9.17, 15) is 9.59 Å². The number of nitrogens with zero attached hydrogens (tertiary/aromatic N) is 1. The highest BCUT2D eigenvalue weighted by molar-refractivity contribution is 7.12. The molecular weight excluding hydrogens is 242 g/mol. The molecule has 1 rings (SSSR count). The van der Waals surface area contributed by atoms with E-state index >= 15 is 0 Å². The predicted octanol–water partition coefficient (Wildman–Crippen LogP) is 1.69. The molecule has 0 spiro atoms. The van der Waals surface area contributed by atoms with E-state index in [1.165, 1.54) is 6.07 Å². The molecule has 94 valence electrons. The molecule has 1 aromatic rings. The molecule has 0 atom stereocenters. The molecule has 1 heterocycles. The minimum atomic E-state index is -0.990. The van der Waals surface area contributed by atoms with Gasteiger partial charge in [-0.15, -0.1) is 11.3 Å². The number of aromatic carboxylic acids is 1. The molecule has 1 amide bonds. The lowest BCUT2D eigenvalue weighted by molar-refractivity contribution is -0.133. The van der Waals surface area contributed by atoms with Crippen LogP contribution in [0.15, 0.2) is 11.4 Å². The number of hydrogen-bond donors (Lipinski definition) is 1. The fourth-order valence-corrected chi connectivity index (χ4v) is 1.71. The van der Waals surface area contributed by atoms with Crippen molar-refractivity contribution in [3.05, 3.63) is 16.3 Å². The highest BCUT2D eigenvalue weighted by Crippen LogP contribution is 2.21. The van der Waals surface area contributed by atoms with Crippen molar-refractivity contribution in [3.8, 4) is 5.75 Å². The van der Waals surface area contributed by atoms with E-state index in [0.717, 1.165) is 11.3 Å². The van der Waals surface area contributed by atoms with Gasteiger partial charge in [0.2, 0.25) is 0 Å². The van der Waals surface area contributed by atoms with Gasteiger partial charge in [-0.05, 0) is 13.8 Å². The molecule has 0 saturated carbocycles. The third-order valence-corrected chi connectivity index (χ3v) is 3.21. The highest BCUT2D eigenvalue weighted by atomic mass is 32.1. The maximum absolute atomic E-state index is 11.6. The van der Waals surface area contributed by atoms with Crippen molar-refractivity contribution in [2.24, 2.45) is 0 Å². The number of likely N-dealkylation sites (N-methyl/N-ethyl adjacent to an activating group) is 1. The monoisotopic (exact) mass is 257 g/mol. The lowest BCUT2D eigenvalue weighted by Gasteiger charge is -2.21. The molecule has 0 aromatic carbocycles. The summed E-state index contributed by atoms with van der Waals surface area (Å²) in [6.45, 7) is 3.74. The third-order valence-electron chi connectivity index (χ3n) is 2.32. The number of carbonyl (C=O) groups excluding carboxylic acids is 1. The smallest absolute Gasteiger partial charge is 0.346 e. The van der Waals surface area contributed by atoms with Gasteiger partial charge in [-0.1, -0.05) is 0 Å². The molecule has 5 nitrogen and oxygen atoms in total. The van der Waals surface area contributed by atoms with Gasteiger partial charge in [-0.3, -0.25) is 4.79 Å². The molecule has 0 radical (unpaired) electrons. The van der Waals surface area contributed by atoms with Gasteiger partial charge in [0.15, 0.2) is 6.61 Å². The maximum atomic E-state index is 11.6. The van der Waals surface area contributed by atoms with E-state index in [4.69, 9.17) is 9.84 Å². The Hall–Kier alpha value is -1.56. The summed E-state index contributed by atoms with van der Waals surface area (Å²) in [5.74, 6) is -0.712. The van der Waals surface area contributed by atoms with Gasteiger partial charge in [0.1, 0.15) is 10.6 Å². The van der Waals surface area contributed by atoms with Crippen molar-refractivity contribution in [2.75, 3.05) is 13.7 Å². The molecule has 0 aliphatic heterocycles. The van der Waals surface area contributed by atoms with Crippen LogP contribution in [0.2, 0.25) is 0 Å². The largest absolute Gasteiger partial charge is 0.483 e. The summed E-state index contributed by atoms with van der Waals surface area (Å²) in [4.78, 5) is 24.0. The predicted molar refractivity (Wildman–Crippen MR) is 64.7 cm³/mol. The van der Waals surface area contributed by atoms with E-state index in [1.807, 2.05) is 13.8 Å². The zero-order valence-corrected chi connectivity index (χ0v) is 10.8. The Balaban J connectivity index is 2.50. The first-order valence-corrected chi connectivity index (χ1v) is 6.00. The zero-order chi connectivity index (χ0) is 13.0. The molecule has 17 heavy (non-hydrogen) atoms. The lowest BCUT2D eigenvalue weighted by atomic mass is 10.3. The Bertz CT molecular complexity index is 413. The van der Waals surface area contributed by atoms with Crippen LogP contribution in [-0.2, 0) is 4.79 Å². The summed E-state index contributed by atoms with van der Waals surface area (Å²) >= 11 is 1.07. The minimum absolute atomic E-state index is 0.0789. The van der Waals surface area contributed by atoms with Crippen molar-refractivity contribution >= 4 is 23.2 Å². The van der Waals surface area contributed by atoms with E-state index in [2.05, 4.69) is 0 Å². The van der Waals surface area contributed by atoms with Crippen LogP contribution in [0, 0.1) is 0 Å². The lowest BCUT2D eigenvalue weighted by Crippen LogP contribution is -2.36. The van der Waals surface area contributed by atoms with Crippen LogP contribution < -0.4 is 4.74 Å². The van der Waals surface area contributed by atoms with Gasteiger partial charge in [0.05, 0.1) is 0 Å². The summed E-state index contributed by atoms with van der Waals surface area (Å²) < 4.78 is 5.23. The van der Waals surface area contributed by atoms with E-state index < -0.39 is 5.97 Å². The second-order valence-corrected chi connectivity index (χ2v) is 4.75. The average Bonchev–Trinajstić information content (AvgIpc) is 2.73. The van der Waals surface area contributed by atoms with E-state index in [-0.39, 0.29) is 23.4 Å². The van der Waals surface area contributed by atoms with Gasteiger partial charge in [-0.25, -0.2) is 4.79 Å². The number of carboxylic acids is 1. The standard InChI is InChI=1S/C11H15NO4S/c1-7(2)12(3)10(13)5-16-8-4-9(11(14)15)17-6-8/h4,6-7H,5H2,1-3H3,(H,14,15). The van der Waals surface area contributed by atoms with Gasteiger partial charge >= 0.3 is 5.97 Å². The van der Waals surface area contributed by atoms with E-state index in [0.29, 0.717) is 5.75 Å². The summed E-state index contributed by atoms with van der Waals surface area (Å²) in [7, 11) is 1.70. The molecule has 1 N–H and O–H groups in total. The Morgan fingerprint density at radius 2 is 2.18 bits per heavy atom. The molecule has 0 fully saturated rings. The zero-order valence-electron chi connectivity index (χ0n) is 9.97. The number of thiophene rings is 1. The average molecular weight is 257 g/mol. The molecule has 1 aromatic heterocycles. The highest BCUT2D eigenvalue weighted by Gasteiger charge is 2.13. The van der Waals surface area contributed by atoms with Gasteiger partial charge in [0.25, 0.3) is 5.91 Å². The SMILES string of the molecule is CC(C)N(C)C(=O)COc1csc(C(=O)O)c1. The minimum Gasteiger partial charge on any atom is -0.483 e. The number of carboxylic acid groups (broad SMARTS) is 1. The number of hydrogen-bond acceptors (Lipinski definition) is 4. The van der Waals surface area contributed by atoms with Gasteiger partial charge < -0.3 is 14.7 Å². The Morgan fingerprint density at radius 1 is 1.53 bits per heavy atom. The maximum Gasteiger partial charge on any atom is 0.346 e. The number of carbonyl (C=O) groups is 2. The topological polar surface area (TPSA) is 66.8 Å². The fraction of sp³-hybridized carbons (Fsp3) is 0.455. The van der Waals surface area contributed by atoms with Crippen LogP contribution in [0.3, 0.4) is 0 Å². The molecule has 0 aliphatic carbocycles. The van der Waals surface area contributed by atoms with Crippen LogP contribution in [0.1, 0.15) is 23.5 Å². The van der Waals surface area contributed by atoms with Crippen LogP contribution >= 0.6 is 11.3 Å². The summed E-state index contributed by atoms with van der Waals surface area (Å²) in [6.07, 6.45) is 0. The molecule has 6 heteroatoms. The van der Waals surface area contributed by atoms with Crippen molar-refractivity contribution in [2.45, 2.75) is 19.9 Å². The first-order valence-electron chi connectivity index (χ1n) is 5.12. The molecule has 0 aliphatic rings. The van der Waals surface area contributed by atoms with E-state index in [1.54, 1.807) is 17.3 Å². The molecule has 0 bridgehead atoms. The Kier molecular flexibility index (Phi) is 4.51. The quantitative estimate of drug-likeness (QED) is 0.871. The third kappa shape index (κ3) is 3.74. The second kappa shape index (κ2) is 5.67. The van der Waals surface area contributed by atoms with Crippen LogP contribution in [-0.4, -0.2) is 41.6 Å². The van der Waals surface area contributed by atoms with Crippen LogP contribution in [0.4, 0.5) is 0 Å². The molecule has 0 saturated heterocycles. The fourth-order valence-electron chi connectivity index (χ4n) is 1.04. The second-order valence-electron chi connectivity index (χ2n) is 3.84. The Labute approximate surface area is 104 Å². The molecular formula is C11H15NO4S. The van der Waals surface area contributed by atoms with Gasteiger partial charge in [0, 0.05) is 24.5 Å². The Morgan fingerprint density at radius 3 is 2.65 bits per heavy atom. The summed E-state index contributed by atoms with van der Waals surface area (Å²) in [5, 5.41) is 10.3. The summed E-state index contributed by atoms with van der Waals surface area (Å²) in [5.41, 5.74) is 0. The van der Waals surface area contributed by atoms with Crippen LogP contribution in [0.25, 0.3) is 0 Å². The van der Waals surface area contributed by atoms with Crippen molar-refractivity contribution in [1.82, 2.24) is 4.90 Å². The van der Waals surface area contributed by atoms with Crippen LogP contribution in [0.5, 0.6) is 5.75 Å². The van der Waals surface area contributed by atoms with Crippen molar-refractivity contribution in [3.63, 3.8) is 0 Å². The normalized spacial score (nSPS) is 10.4. The number of amides is 1. The van der Waals surface area contributed by atoms with Crippen molar-refractivity contribution < 1.29 is 19.4 Å². The van der Waals surface area contributed by atoms with Gasteiger partial charge in [-0.2, -0.15) is 0 Å². The number of rotatable bonds is 5. The summed E-state index contributed by atoms with van der Waals surface area (Å²) in [6, 6.07) is 1.53. The first kappa shape index (κ1) is 13.5. The molecule has 0 unspecified atom stereocenters.